The van der Waals surface area contributed by atoms with E-state index in [1.807, 2.05) is 35.2 Å². The first-order valence-corrected chi connectivity index (χ1v) is 7.81. The number of nitrogens with zero attached hydrogens (tertiary/aromatic N) is 1. The highest BCUT2D eigenvalue weighted by molar-refractivity contribution is 5.94. The summed E-state index contributed by atoms with van der Waals surface area (Å²) in [5.41, 5.74) is 0.00959. The molecular formula is C17H21NO2. The molecule has 1 amide bonds. The van der Waals surface area contributed by atoms with Crippen LogP contribution in [0.4, 0.5) is 0 Å². The van der Waals surface area contributed by atoms with E-state index in [2.05, 4.69) is 0 Å². The third kappa shape index (κ3) is 1.59. The van der Waals surface area contributed by atoms with Gasteiger partial charge < -0.3 is 10.0 Å². The topological polar surface area (TPSA) is 40.5 Å². The summed E-state index contributed by atoms with van der Waals surface area (Å²) >= 11 is 0. The number of carbonyl (C=O) groups excluding carboxylic acids is 1. The average Bonchev–Trinajstić information content (AvgIpc) is 3.02. The Hall–Kier alpha value is -1.35. The third-order valence-electron chi connectivity index (χ3n) is 5.50. The monoisotopic (exact) mass is 271 g/mol. The van der Waals surface area contributed by atoms with Crippen LogP contribution in [0.2, 0.25) is 0 Å². The van der Waals surface area contributed by atoms with Crippen molar-refractivity contribution in [2.75, 3.05) is 6.54 Å². The maximum atomic E-state index is 12.6. The maximum absolute atomic E-state index is 12.6. The molecule has 2 aliphatic carbocycles. The van der Waals surface area contributed by atoms with Gasteiger partial charge in [0.1, 0.15) is 0 Å². The Morgan fingerprint density at radius 1 is 1.10 bits per heavy atom. The second kappa shape index (κ2) is 4.32. The van der Waals surface area contributed by atoms with Gasteiger partial charge in [0, 0.05) is 24.4 Å². The number of hydrogen-bond donors (Lipinski definition) is 1. The number of amides is 1. The normalized spacial score (nSPS) is 37.0. The van der Waals surface area contributed by atoms with Crippen molar-refractivity contribution >= 4 is 5.91 Å². The van der Waals surface area contributed by atoms with Gasteiger partial charge in [-0.05, 0) is 18.4 Å². The average molecular weight is 271 g/mol. The van der Waals surface area contributed by atoms with Crippen LogP contribution in [0.1, 0.15) is 43.6 Å². The van der Waals surface area contributed by atoms with E-state index in [0.29, 0.717) is 6.04 Å². The standard InChI is InChI=1S/C17H21NO2/c19-16-17(20)14(15(17)12-7-3-1-4-8-12)11-18(16)13-9-5-2-6-10-13/h1,3-4,7-8,13-15,20H,2,5-6,9-11H2/t14-,15+,17-/m1/s1. The van der Waals surface area contributed by atoms with Crippen molar-refractivity contribution in [2.45, 2.75) is 49.7 Å². The number of benzene rings is 1. The molecule has 0 unspecified atom stereocenters. The Balaban J connectivity index is 1.53. The number of carbonyl (C=O) groups is 1. The molecule has 0 bridgehead atoms. The number of piperidine rings is 1. The van der Waals surface area contributed by atoms with E-state index in [4.69, 9.17) is 0 Å². The number of rotatable bonds is 2. The van der Waals surface area contributed by atoms with Crippen LogP contribution in [0.3, 0.4) is 0 Å². The van der Waals surface area contributed by atoms with Crippen molar-refractivity contribution in [3.05, 3.63) is 35.9 Å². The van der Waals surface area contributed by atoms with Crippen molar-refractivity contribution < 1.29 is 9.90 Å². The van der Waals surface area contributed by atoms with Crippen molar-refractivity contribution in [2.24, 2.45) is 5.92 Å². The first kappa shape index (κ1) is 12.4. The van der Waals surface area contributed by atoms with Crippen LogP contribution in [-0.2, 0) is 4.79 Å². The summed E-state index contributed by atoms with van der Waals surface area (Å²) in [5.74, 6) is 0.124. The van der Waals surface area contributed by atoms with Crippen LogP contribution in [0.5, 0.6) is 0 Å². The van der Waals surface area contributed by atoms with Gasteiger partial charge in [0.15, 0.2) is 5.60 Å². The number of fused-ring (bicyclic) bond motifs is 1. The third-order valence-corrected chi connectivity index (χ3v) is 5.50. The lowest BCUT2D eigenvalue weighted by molar-refractivity contribution is -0.141. The molecule has 0 spiro atoms. The van der Waals surface area contributed by atoms with E-state index in [1.54, 1.807) is 0 Å². The van der Waals surface area contributed by atoms with Gasteiger partial charge in [0.05, 0.1) is 0 Å². The molecule has 4 rings (SSSR count). The summed E-state index contributed by atoms with van der Waals surface area (Å²) in [6.07, 6.45) is 5.97. The molecule has 3 heteroatoms. The lowest BCUT2D eigenvalue weighted by Gasteiger charge is -2.33. The molecule has 1 aromatic carbocycles. The lowest BCUT2D eigenvalue weighted by Crippen LogP contribution is -2.44. The van der Waals surface area contributed by atoms with E-state index < -0.39 is 5.60 Å². The van der Waals surface area contributed by atoms with Crippen LogP contribution >= 0.6 is 0 Å². The van der Waals surface area contributed by atoms with Crippen LogP contribution in [0.15, 0.2) is 30.3 Å². The minimum Gasteiger partial charge on any atom is -0.379 e. The minimum absolute atomic E-state index is 0.0109. The summed E-state index contributed by atoms with van der Waals surface area (Å²) in [6.45, 7) is 0.750. The fourth-order valence-electron chi connectivity index (χ4n) is 4.36. The lowest BCUT2D eigenvalue weighted by atomic mass is 9.93. The summed E-state index contributed by atoms with van der Waals surface area (Å²) < 4.78 is 0. The predicted molar refractivity (Wildman–Crippen MR) is 76.2 cm³/mol. The Labute approximate surface area is 119 Å². The van der Waals surface area contributed by atoms with Crippen molar-refractivity contribution in [3.8, 4) is 0 Å². The first-order valence-electron chi connectivity index (χ1n) is 7.81. The van der Waals surface area contributed by atoms with E-state index >= 15 is 0 Å². The second-order valence-electron chi connectivity index (χ2n) is 6.57. The maximum Gasteiger partial charge on any atom is 0.255 e. The summed E-state index contributed by atoms with van der Waals surface area (Å²) in [4.78, 5) is 14.6. The van der Waals surface area contributed by atoms with Gasteiger partial charge >= 0.3 is 0 Å². The molecule has 3 fully saturated rings. The largest absolute Gasteiger partial charge is 0.379 e. The van der Waals surface area contributed by atoms with Gasteiger partial charge in [-0.2, -0.15) is 0 Å². The zero-order valence-corrected chi connectivity index (χ0v) is 11.7. The molecule has 0 radical (unpaired) electrons. The van der Waals surface area contributed by atoms with Crippen LogP contribution in [0, 0.1) is 5.92 Å². The van der Waals surface area contributed by atoms with Gasteiger partial charge in [-0.1, -0.05) is 49.6 Å². The fraction of sp³-hybridized carbons (Fsp3) is 0.588. The predicted octanol–water partition coefficient (Wildman–Crippen LogP) is 2.31. The van der Waals surface area contributed by atoms with Gasteiger partial charge in [0.2, 0.25) is 0 Å². The van der Waals surface area contributed by atoms with E-state index in [9.17, 15) is 9.90 Å². The van der Waals surface area contributed by atoms with Crippen LogP contribution in [0.25, 0.3) is 0 Å². The Bertz CT molecular complexity index is 523. The van der Waals surface area contributed by atoms with E-state index in [1.165, 1.54) is 19.3 Å². The molecule has 1 N–H and O–H groups in total. The Morgan fingerprint density at radius 3 is 2.40 bits per heavy atom. The zero-order valence-electron chi connectivity index (χ0n) is 11.7. The minimum atomic E-state index is -1.10. The molecule has 106 valence electrons. The molecule has 2 saturated carbocycles. The fourth-order valence-corrected chi connectivity index (χ4v) is 4.36. The number of aliphatic hydroxyl groups is 1. The molecule has 3 aliphatic rings. The molecule has 1 aromatic rings. The first-order chi connectivity index (χ1) is 9.73. The highest BCUT2D eigenvalue weighted by Crippen LogP contribution is 2.62. The summed E-state index contributed by atoms with van der Waals surface area (Å²) in [6, 6.07) is 10.4. The molecule has 1 saturated heterocycles. The van der Waals surface area contributed by atoms with E-state index in [-0.39, 0.29) is 17.7 Å². The van der Waals surface area contributed by atoms with Gasteiger partial charge in [-0.25, -0.2) is 0 Å². The van der Waals surface area contributed by atoms with Crippen molar-refractivity contribution in [1.29, 1.82) is 0 Å². The SMILES string of the molecule is O=C1N(C2CCCCC2)C[C@@H]2[C@H](c3ccccc3)[C@@]12O. The summed E-state index contributed by atoms with van der Waals surface area (Å²) in [5, 5.41) is 10.8. The Morgan fingerprint density at radius 2 is 1.80 bits per heavy atom. The smallest absolute Gasteiger partial charge is 0.255 e. The van der Waals surface area contributed by atoms with Gasteiger partial charge in [-0.15, -0.1) is 0 Å². The quantitative estimate of drug-likeness (QED) is 0.896. The highest BCUT2D eigenvalue weighted by atomic mass is 16.3. The number of hydrogen-bond acceptors (Lipinski definition) is 2. The zero-order chi connectivity index (χ0) is 13.7. The van der Waals surface area contributed by atoms with Crippen LogP contribution < -0.4 is 0 Å². The number of likely N-dealkylation sites (tertiary alicyclic amines) is 1. The highest BCUT2D eigenvalue weighted by Gasteiger charge is 2.75. The summed E-state index contributed by atoms with van der Waals surface area (Å²) in [7, 11) is 0. The Kier molecular flexibility index (Phi) is 2.68. The molecule has 0 aromatic heterocycles. The van der Waals surface area contributed by atoms with Crippen molar-refractivity contribution in [1.82, 2.24) is 4.90 Å². The van der Waals surface area contributed by atoms with Gasteiger partial charge in [-0.3, -0.25) is 4.79 Å². The van der Waals surface area contributed by atoms with Gasteiger partial charge in [0.25, 0.3) is 5.91 Å². The van der Waals surface area contributed by atoms with Crippen molar-refractivity contribution in [3.63, 3.8) is 0 Å². The molecule has 20 heavy (non-hydrogen) atoms. The van der Waals surface area contributed by atoms with E-state index in [0.717, 1.165) is 24.9 Å². The molecule has 3 atom stereocenters. The second-order valence-corrected chi connectivity index (χ2v) is 6.57. The van der Waals surface area contributed by atoms with Crippen LogP contribution in [-0.4, -0.2) is 34.1 Å². The molecule has 1 heterocycles. The molecular weight excluding hydrogens is 250 g/mol. The molecule has 3 nitrogen and oxygen atoms in total. The molecule has 1 aliphatic heterocycles.